The van der Waals surface area contributed by atoms with Crippen molar-refractivity contribution in [2.75, 3.05) is 6.61 Å². The summed E-state index contributed by atoms with van der Waals surface area (Å²) >= 11 is 5.89. The van der Waals surface area contributed by atoms with Gasteiger partial charge in [0.25, 0.3) is 0 Å². The number of aryl methyl sites for hydroxylation is 1. The summed E-state index contributed by atoms with van der Waals surface area (Å²) in [6, 6.07) is 7.27. The molecular weight excluding hydrogens is 367 g/mol. The summed E-state index contributed by atoms with van der Waals surface area (Å²) in [6.45, 7) is 1.16. The Morgan fingerprint density at radius 1 is 1.27 bits per heavy atom. The third-order valence-electron chi connectivity index (χ3n) is 4.36. The summed E-state index contributed by atoms with van der Waals surface area (Å²) in [4.78, 5) is 0. The quantitative estimate of drug-likeness (QED) is 0.613. The van der Waals surface area contributed by atoms with Crippen molar-refractivity contribution >= 4 is 11.6 Å². The summed E-state index contributed by atoms with van der Waals surface area (Å²) in [5.74, 6) is 0.169. The zero-order valence-corrected chi connectivity index (χ0v) is 14.7. The first-order chi connectivity index (χ1) is 12.4. The first-order valence-electron chi connectivity index (χ1n) is 8.12. The normalized spacial score (nSPS) is 28.9. The summed E-state index contributed by atoms with van der Waals surface area (Å²) in [5.41, 5.74) is 2.44. The molecule has 26 heavy (non-hydrogen) atoms. The number of benzene rings is 1. The molecule has 1 saturated heterocycles. The molecule has 5 unspecified atom stereocenters. The van der Waals surface area contributed by atoms with E-state index in [1.165, 1.54) is 0 Å². The van der Waals surface area contributed by atoms with Crippen LogP contribution in [0, 0.1) is 6.92 Å². The second kappa shape index (κ2) is 7.89. The maximum absolute atomic E-state index is 13.8. The highest BCUT2D eigenvalue weighted by Crippen LogP contribution is 2.29. The van der Waals surface area contributed by atoms with E-state index in [1.54, 1.807) is 12.1 Å². The van der Waals surface area contributed by atoms with Gasteiger partial charge >= 0.3 is 0 Å². The molecule has 1 fully saturated rings. The standard InChI is InChI=1S/C17H20ClFN2O5/c1-8-11(6-9-2-4-10(18)5-3-9)16(21-20-8)26-17-15(24)14(23)13(19)12(7-22)25-17/h2-5,12-15,17,22-24H,6-7H2,1H3,(H,20,21). The molecule has 7 nitrogen and oxygen atoms in total. The SMILES string of the molecule is Cc1[nH]nc(OC2OC(CO)C(F)C(O)C2O)c1Cc1ccc(Cl)cc1. The van der Waals surface area contributed by atoms with E-state index in [4.69, 9.17) is 21.1 Å². The van der Waals surface area contributed by atoms with Crippen LogP contribution >= 0.6 is 11.6 Å². The number of nitrogens with zero attached hydrogens (tertiary/aromatic N) is 1. The van der Waals surface area contributed by atoms with Gasteiger partial charge in [-0.25, -0.2) is 4.39 Å². The van der Waals surface area contributed by atoms with Crippen LogP contribution in [0.5, 0.6) is 5.88 Å². The van der Waals surface area contributed by atoms with Gasteiger partial charge in [0.2, 0.25) is 12.2 Å². The van der Waals surface area contributed by atoms with Crippen molar-refractivity contribution in [2.24, 2.45) is 0 Å². The third kappa shape index (κ3) is 3.84. The molecule has 0 aliphatic carbocycles. The number of hydrogen-bond acceptors (Lipinski definition) is 6. The van der Waals surface area contributed by atoms with Crippen LogP contribution in [0.4, 0.5) is 4.39 Å². The first-order valence-corrected chi connectivity index (χ1v) is 8.50. The zero-order valence-electron chi connectivity index (χ0n) is 14.0. The third-order valence-corrected chi connectivity index (χ3v) is 4.61. The lowest BCUT2D eigenvalue weighted by atomic mass is 10.0. The van der Waals surface area contributed by atoms with Gasteiger partial charge in [-0.3, -0.25) is 5.10 Å². The number of aliphatic hydroxyl groups excluding tert-OH is 3. The van der Waals surface area contributed by atoms with Crippen LogP contribution in [0.2, 0.25) is 5.02 Å². The van der Waals surface area contributed by atoms with Crippen LogP contribution in [0.15, 0.2) is 24.3 Å². The number of H-pyrrole nitrogens is 1. The number of aromatic nitrogens is 2. The Labute approximate surface area is 154 Å². The van der Waals surface area contributed by atoms with Gasteiger partial charge in [0, 0.05) is 22.7 Å². The molecule has 0 saturated carbocycles. The van der Waals surface area contributed by atoms with Gasteiger partial charge in [-0.15, -0.1) is 5.10 Å². The van der Waals surface area contributed by atoms with Gasteiger partial charge in [-0.1, -0.05) is 23.7 Å². The van der Waals surface area contributed by atoms with Crippen LogP contribution in [0.3, 0.4) is 0 Å². The lowest BCUT2D eigenvalue weighted by Crippen LogP contribution is -2.58. The predicted octanol–water partition coefficient (Wildman–Crippen LogP) is 1.12. The van der Waals surface area contributed by atoms with E-state index in [0.717, 1.165) is 16.8 Å². The number of aliphatic hydroxyl groups is 3. The van der Waals surface area contributed by atoms with E-state index in [1.807, 2.05) is 19.1 Å². The minimum Gasteiger partial charge on any atom is -0.443 e. The molecule has 2 heterocycles. The lowest BCUT2D eigenvalue weighted by Gasteiger charge is -2.38. The van der Waals surface area contributed by atoms with Crippen molar-refractivity contribution in [1.82, 2.24) is 10.2 Å². The van der Waals surface area contributed by atoms with Crippen molar-refractivity contribution in [2.45, 2.75) is 44.1 Å². The van der Waals surface area contributed by atoms with E-state index in [-0.39, 0.29) is 5.88 Å². The van der Waals surface area contributed by atoms with Crippen molar-refractivity contribution in [3.05, 3.63) is 46.1 Å². The van der Waals surface area contributed by atoms with Crippen molar-refractivity contribution in [1.29, 1.82) is 0 Å². The topological polar surface area (TPSA) is 108 Å². The minimum atomic E-state index is -1.91. The van der Waals surface area contributed by atoms with Crippen LogP contribution < -0.4 is 4.74 Å². The second-order valence-corrected chi connectivity index (χ2v) is 6.64. The zero-order chi connectivity index (χ0) is 18.8. The molecule has 1 aromatic carbocycles. The smallest absolute Gasteiger partial charge is 0.238 e. The highest BCUT2D eigenvalue weighted by molar-refractivity contribution is 6.30. The number of alkyl halides is 1. The molecule has 3 rings (SSSR count). The van der Waals surface area contributed by atoms with Gasteiger partial charge in [0.15, 0.2) is 6.17 Å². The summed E-state index contributed by atoms with van der Waals surface area (Å²) in [6.07, 6.45) is -7.43. The lowest BCUT2D eigenvalue weighted by molar-refractivity contribution is -0.265. The van der Waals surface area contributed by atoms with E-state index < -0.39 is 37.4 Å². The van der Waals surface area contributed by atoms with E-state index >= 15 is 0 Å². The Balaban J connectivity index is 1.79. The molecular formula is C17H20ClFN2O5. The number of ether oxygens (including phenoxy) is 2. The van der Waals surface area contributed by atoms with Gasteiger partial charge in [-0.2, -0.15) is 0 Å². The fraction of sp³-hybridized carbons (Fsp3) is 0.471. The van der Waals surface area contributed by atoms with Gasteiger partial charge < -0.3 is 24.8 Å². The molecule has 1 aromatic heterocycles. The Morgan fingerprint density at radius 2 is 1.96 bits per heavy atom. The monoisotopic (exact) mass is 386 g/mol. The van der Waals surface area contributed by atoms with Gasteiger partial charge in [0.1, 0.15) is 18.3 Å². The Kier molecular flexibility index (Phi) is 5.79. The summed E-state index contributed by atoms with van der Waals surface area (Å²) < 4.78 is 24.6. The van der Waals surface area contributed by atoms with Crippen molar-refractivity contribution < 1.29 is 29.2 Å². The molecule has 0 bridgehead atoms. The molecule has 0 amide bonds. The fourth-order valence-corrected chi connectivity index (χ4v) is 2.92. The van der Waals surface area contributed by atoms with Crippen molar-refractivity contribution in [3.63, 3.8) is 0 Å². The van der Waals surface area contributed by atoms with Crippen LogP contribution in [-0.4, -0.2) is 62.9 Å². The Hall–Kier alpha value is -1.71. The number of aromatic amines is 1. The van der Waals surface area contributed by atoms with Crippen LogP contribution in [0.25, 0.3) is 0 Å². The summed E-state index contributed by atoms with van der Waals surface area (Å²) in [7, 11) is 0. The van der Waals surface area contributed by atoms with Gasteiger partial charge in [0.05, 0.1) is 6.61 Å². The molecule has 2 aromatic rings. The minimum absolute atomic E-state index is 0.169. The van der Waals surface area contributed by atoms with Gasteiger partial charge in [-0.05, 0) is 24.6 Å². The molecule has 4 N–H and O–H groups in total. The molecule has 1 aliphatic heterocycles. The average molecular weight is 387 g/mol. The van der Waals surface area contributed by atoms with Crippen LogP contribution in [0.1, 0.15) is 16.8 Å². The molecule has 1 aliphatic rings. The van der Waals surface area contributed by atoms with E-state index in [9.17, 15) is 19.7 Å². The van der Waals surface area contributed by atoms with Crippen molar-refractivity contribution in [3.8, 4) is 5.88 Å². The first kappa shape index (κ1) is 19.1. The Bertz CT molecular complexity index is 739. The number of halogens is 2. The number of nitrogens with one attached hydrogen (secondary N) is 1. The highest BCUT2D eigenvalue weighted by Gasteiger charge is 2.46. The maximum atomic E-state index is 13.8. The Morgan fingerprint density at radius 3 is 2.62 bits per heavy atom. The fourth-order valence-electron chi connectivity index (χ4n) is 2.79. The molecule has 0 spiro atoms. The number of hydrogen-bond donors (Lipinski definition) is 4. The second-order valence-electron chi connectivity index (χ2n) is 6.20. The maximum Gasteiger partial charge on any atom is 0.238 e. The summed E-state index contributed by atoms with van der Waals surface area (Å²) in [5, 5.41) is 36.5. The largest absolute Gasteiger partial charge is 0.443 e. The van der Waals surface area contributed by atoms with E-state index in [0.29, 0.717) is 11.4 Å². The van der Waals surface area contributed by atoms with Crippen LogP contribution in [-0.2, 0) is 11.2 Å². The molecule has 0 radical (unpaired) electrons. The van der Waals surface area contributed by atoms with E-state index in [2.05, 4.69) is 10.2 Å². The molecule has 5 atom stereocenters. The highest BCUT2D eigenvalue weighted by atomic mass is 35.5. The number of rotatable bonds is 5. The average Bonchev–Trinajstić information content (AvgIpc) is 2.97. The molecule has 142 valence electrons. The molecule has 9 heteroatoms. The predicted molar refractivity (Wildman–Crippen MR) is 90.9 cm³/mol.